The van der Waals surface area contributed by atoms with Gasteiger partial charge in [-0.15, -0.1) is 0 Å². The molecule has 2 aromatic carbocycles. The Morgan fingerprint density at radius 2 is 1.82 bits per heavy atom. The molecular formula is C28H35N3O3. The van der Waals surface area contributed by atoms with E-state index in [0.717, 1.165) is 43.9 Å². The fourth-order valence-electron chi connectivity index (χ4n) is 5.32. The first-order valence-electron chi connectivity index (χ1n) is 12.3. The van der Waals surface area contributed by atoms with Crippen LogP contribution < -0.4 is 9.64 Å². The lowest BCUT2D eigenvalue weighted by Gasteiger charge is -2.47. The number of aryl methyl sites for hydroxylation is 1. The summed E-state index contributed by atoms with van der Waals surface area (Å²) in [5.41, 5.74) is 4.49. The molecule has 0 radical (unpaired) electrons. The number of carbonyl (C=O) groups excluding carboxylic acids is 1. The van der Waals surface area contributed by atoms with E-state index in [4.69, 9.17) is 9.47 Å². The third kappa shape index (κ3) is 4.32. The van der Waals surface area contributed by atoms with Gasteiger partial charge in [0.15, 0.2) is 0 Å². The SMILES string of the molecule is COc1ccc2c(c1)c(CN1CCC3(CC1)CN(c1ccc(C)cc1)C(=O)CO3)cn2C(C)C. The van der Waals surface area contributed by atoms with Crippen molar-refractivity contribution >= 4 is 22.5 Å². The molecule has 3 heterocycles. The highest BCUT2D eigenvalue weighted by Gasteiger charge is 2.42. The van der Waals surface area contributed by atoms with Crippen molar-refractivity contribution < 1.29 is 14.3 Å². The second-order valence-corrected chi connectivity index (χ2v) is 10.1. The van der Waals surface area contributed by atoms with Crippen LogP contribution in [0.2, 0.25) is 0 Å². The van der Waals surface area contributed by atoms with Crippen molar-refractivity contribution in [3.05, 3.63) is 59.8 Å². The van der Waals surface area contributed by atoms with Gasteiger partial charge in [0.2, 0.25) is 0 Å². The summed E-state index contributed by atoms with van der Waals surface area (Å²) < 4.78 is 14.0. The quantitative estimate of drug-likeness (QED) is 0.540. The summed E-state index contributed by atoms with van der Waals surface area (Å²) in [6.07, 6.45) is 4.15. The molecule has 0 atom stereocenters. The highest BCUT2D eigenvalue weighted by molar-refractivity contribution is 5.95. The average molecular weight is 462 g/mol. The lowest BCUT2D eigenvalue weighted by molar-refractivity contribution is -0.144. The van der Waals surface area contributed by atoms with Crippen LogP contribution in [0.3, 0.4) is 0 Å². The molecule has 0 N–H and O–H groups in total. The Balaban J connectivity index is 1.30. The van der Waals surface area contributed by atoms with E-state index >= 15 is 0 Å². The molecule has 1 aromatic heterocycles. The fourth-order valence-corrected chi connectivity index (χ4v) is 5.32. The number of ether oxygens (including phenoxy) is 2. The van der Waals surface area contributed by atoms with E-state index in [2.05, 4.69) is 60.7 Å². The number of morpholine rings is 1. The predicted molar refractivity (Wildman–Crippen MR) is 136 cm³/mol. The molecule has 3 aromatic rings. The molecule has 0 bridgehead atoms. The molecule has 1 spiro atoms. The largest absolute Gasteiger partial charge is 0.497 e. The highest BCUT2D eigenvalue weighted by atomic mass is 16.5. The molecule has 0 aliphatic carbocycles. The average Bonchev–Trinajstić information content (AvgIpc) is 3.21. The zero-order valence-corrected chi connectivity index (χ0v) is 20.7. The standard InChI is InChI=1S/C28H35N3O3/c1-20(2)30-17-22(25-15-24(33-4)9-10-26(25)30)16-29-13-11-28(12-14-29)19-31(27(32)18-34-28)23-7-5-21(3)6-8-23/h5-10,15,17,20H,11-14,16,18-19H2,1-4H3. The maximum Gasteiger partial charge on any atom is 0.253 e. The second kappa shape index (κ2) is 9.08. The molecule has 0 saturated carbocycles. The number of hydrogen-bond acceptors (Lipinski definition) is 4. The van der Waals surface area contributed by atoms with Crippen molar-refractivity contribution in [3.63, 3.8) is 0 Å². The highest BCUT2D eigenvalue weighted by Crippen LogP contribution is 2.35. The summed E-state index contributed by atoms with van der Waals surface area (Å²) in [6, 6.07) is 15.0. The maximum absolute atomic E-state index is 12.6. The minimum absolute atomic E-state index is 0.0485. The third-order valence-electron chi connectivity index (χ3n) is 7.44. The van der Waals surface area contributed by atoms with Gasteiger partial charge in [-0.1, -0.05) is 17.7 Å². The van der Waals surface area contributed by atoms with Gasteiger partial charge in [-0.05, 0) is 69.5 Å². The summed E-state index contributed by atoms with van der Waals surface area (Å²) in [7, 11) is 1.72. The number of amides is 1. The smallest absolute Gasteiger partial charge is 0.253 e. The van der Waals surface area contributed by atoms with Gasteiger partial charge in [-0.3, -0.25) is 9.69 Å². The first-order chi connectivity index (χ1) is 16.4. The predicted octanol–water partition coefficient (Wildman–Crippen LogP) is 4.94. The topological polar surface area (TPSA) is 46.9 Å². The van der Waals surface area contributed by atoms with E-state index in [0.29, 0.717) is 12.6 Å². The normalized spacial score (nSPS) is 18.9. The van der Waals surface area contributed by atoms with Crippen LogP contribution in [0.15, 0.2) is 48.7 Å². The van der Waals surface area contributed by atoms with Gasteiger partial charge in [0.05, 0.1) is 19.3 Å². The van der Waals surface area contributed by atoms with Crippen molar-refractivity contribution in [2.45, 2.75) is 51.8 Å². The number of fused-ring (bicyclic) bond motifs is 1. The molecule has 6 heteroatoms. The number of aromatic nitrogens is 1. The zero-order valence-electron chi connectivity index (χ0n) is 20.7. The summed E-state index contributed by atoms with van der Waals surface area (Å²) in [6.45, 7) is 10.1. The third-order valence-corrected chi connectivity index (χ3v) is 7.44. The molecule has 5 rings (SSSR count). The molecular weight excluding hydrogens is 426 g/mol. The van der Waals surface area contributed by atoms with E-state index in [1.165, 1.54) is 22.0 Å². The number of hydrogen-bond donors (Lipinski definition) is 0. The van der Waals surface area contributed by atoms with Gasteiger partial charge >= 0.3 is 0 Å². The molecule has 2 saturated heterocycles. The minimum atomic E-state index is -0.259. The molecule has 6 nitrogen and oxygen atoms in total. The maximum atomic E-state index is 12.6. The van der Waals surface area contributed by atoms with Gasteiger partial charge < -0.3 is 18.9 Å². The first-order valence-corrected chi connectivity index (χ1v) is 12.3. The van der Waals surface area contributed by atoms with Gasteiger partial charge in [-0.25, -0.2) is 0 Å². The second-order valence-electron chi connectivity index (χ2n) is 10.1. The van der Waals surface area contributed by atoms with Crippen molar-refractivity contribution in [2.24, 2.45) is 0 Å². The van der Waals surface area contributed by atoms with Crippen LogP contribution in [-0.4, -0.2) is 54.3 Å². The minimum Gasteiger partial charge on any atom is -0.497 e. The number of rotatable bonds is 5. The van der Waals surface area contributed by atoms with Crippen LogP contribution in [0.25, 0.3) is 10.9 Å². The summed E-state index contributed by atoms with van der Waals surface area (Å²) in [5.74, 6) is 0.941. The van der Waals surface area contributed by atoms with Crippen molar-refractivity contribution in [3.8, 4) is 5.75 Å². The number of nitrogens with zero attached hydrogens (tertiary/aromatic N) is 3. The van der Waals surface area contributed by atoms with Gasteiger partial charge in [0.1, 0.15) is 12.4 Å². The Kier molecular flexibility index (Phi) is 6.13. The van der Waals surface area contributed by atoms with Gasteiger partial charge in [0.25, 0.3) is 5.91 Å². The van der Waals surface area contributed by atoms with Gasteiger partial charge in [-0.2, -0.15) is 0 Å². The molecule has 2 aliphatic rings. The Hall–Kier alpha value is -2.83. The van der Waals surface area contributed by atoms with Crippen molar-refractivity contribution in [1.29, 1.82) is 0 Å². The van der Waals surface area contributed by atoms with E-state index < -0.39 is 0 Å². The summed E-state index contributed by atoms with van der Waals surface area (Å²) >= 11 is 0. The Labute approximate surface area is 202 Å². The number of anilines is 1. The number of methoxy groups -OCH3 is 1. The van der Waals surface area contributed by atoms with Crippen LogP contribution in [0, 0.1) is 6.92 Å². The number of carbonyl (C=O) groups is 1. The Bertz CT molecular complexity index is 1170. The molecule has 180 valence electrons. The molecule has 0 unspecified atom stereocenters. The van der Waals surface area contributed by atoms with Crippen molar-refractivity contribution in [1.82, 2.24) is 9.47 Å². The van der Waals surface area contributed by atoms with Gasteiger partial charge in [0, 0.05) is 48.5 Å². The Morgan fingerprint density at radius 1 is 1.09 bits per heavy atom. The molecule has 1 amide bonds. The Morgan fingerprint density at radius 3 is 2.50 bits per heavy atom. The van der Waals surface area contributed by atoms with E-state index in [1.54, 1.807) is 7.11 Å². The number of likely N-dealkylation sites (tertiary alicyclic amines) is 1. The molecule has 2 fully saturated rings. The lowest BCUT2D eigenvalue weighted by atomic mass is 9.88. The van der Waals surface area contributed by atoms with Crippen LogP contribution in [0.4, 0.5) is 5.69 Å². The number of benzene rings is 2. The van der Waals surface area contributed by atoms with E-state index in [9.17, 15) is 4.79 Å². The van der Waals surface area contributed by atoms with Crippen LogP contribution >= 0.6 is 0 Å². The summed E-state index contributed by atoms with van der Waals surface area (Å²) in [4.78, 5) is 17.1. The van der Waals surface area contributed by atoms with Crippen LogP contribution in [-0.2, 0) is 16.1 Å². The monoisotopic (exact) mass is 461 g/mol. The molecule has 2 aliphatic heterocycles. The number of piperidine rings is 1. The van der Waals surface area contributed by atoms with E-state index in [1.807, 2.05) is 23.1 Å². The molecule has 34 heavy (non-hydrogen) atoms. The van der Waals surface area contributed by atoms with Crippen LogP contribution in [0.1, 0.15) is 43.9 Å². The fraction of sp³-hybridized carbons (Fsp3) is 0.464. The zero-order chi connectivity index (χ0) is 23.9. The first kappa shape index (κ1) is 22.9. The summed E-state index contributed by atoms with van der Waals surface area (Å²) in [5, 5.41) is 1.26. The van der Waals surface area contributed by atoms with Crippen LogP contribution in [0.5, 0.6) is 5.75 Å². The lowest BCUT2D eigenvalue weighted by Crippen LogP contribution is -2.58. The van der Waals surface area contributed by atoms with E-state index in [-0.39, 0.29) is 18.1 Å². The van der Waals surface area contributed by atoms with Crippen molar-refractivity contribution in [2.75, 3.05) is 38.3 Å².